The molecule has 0 atom stereocenters. The molecular formula is C18H17ClN4O. The molecule has 0 amide bonds. The van der Waals surface area contributed by atoms with E-state index in [1.165, 1.54) is 6.33 Å². The van der Waals surface area contributed by atoms with Crippen LogP contribution in [0.25, 0.3) is 0 Å². The molecule has 0 fully saturated rings. The minimum atomic E-state index is 0.631. The number of aryl methyl sites for hydroxylation is 1. The number of anilines is 4. The van der Waals surface area contributed by atoms with Gasteiger partial charge in [-0.15, -0.1) is 0 Å². The highest BCUT2D eigenvalue weighted by Gasteiger charge is 2.06. The van der Waals surface area contributed by atoms with Crippen molar-refractivity contribution in [1.82, 2.24) is 9.97 Å². The Kier molecular flexibility index (Phi) is 4.82. The van der Waals surface area contributed by atoms with Gasteiger partial charge < -0.3 is 15.4 Å². The molecule has 0 unspecified atom stereocenters. The normalized spacial score (nSPS) is 10.3. The van der Waals surface area contributed by atoms with Crippen LogP contribution in [0, 0.1) is 6.92 Å². The average molecular weight is 341 g/mol. The molecule has 0 saturated carbocycles. The predicted molar refractivity (Wildman–Crippen MR) is 97.8 cm³/mol. The van der Waals surface area contributed by atoms with Crippen molar-refractivity contribution in [2.75, 3.05) is 17.7 Å². The number of nitrogens with one attached hydrogen (secondary N) is 2. The zero-order valence-corrected chi connectivity index (χ0v) is 14.1. The van der Waals surface area contributed by atoms with Gasteiger partial charge in [0.1, 0.15) is 23.7 Å². The Hall–Kier alpha value is -2.79. The number of methoxy groups -OCH3 is 1. The molecule has 122 valence electrons. The van der Waals surface area contributed by atoms with Crippen LogP contribution in [0.15, 0.2) is 54.9 Å². The van der Waals surface area contributed by atoms with Gasteiger partial charge in [-0.25, -0.2) is 9.97 Å². The maximum absolute atomic E-state index is 6.16. The van der Waals surface area contributed by atoms with Gasteiger partial charge in [-0.1, -0.05) is 29.8 Å². The third-order valence-corrected chi connectivity index (χ3v) is 3.75. The first kappa shape index (κ1) is 16.1. The number of hydrogen-bond acceptors (Lipinski definition) is 5. The van der Waals surface area contributed by atoms with Crippen molar-refractivity contribution in [2.24, 2.45) is 0 Å². The minimum absolute atomic E-state index is 0.631. The molecule has 0 bridgehead atoms. The van der Waals surface area contributed by atoms with E-state index in [4.69, 9.17) is 16.3 Å². The first-order valence-corrected chi connectivity index (χ1v) is 7.79. The van der Waals surface area contributed by atoms with E-state index in [2.05, 4.69) is 20.6 Å². The third-order valence-electron chi connectivity index (χ3n) is 3.42. The number of halogens is 1. The topological polar surface area (TPSA) is 59.1 Å². The van der Waals surface area contributed by atoms with E-state index in [-0.39, 0.29) is 0 Å². The van der Waals surface area contributed by atoms with Gasteiger partial charge in [0.2, 0.25) is 0 Å². The van der Waals surface area contributed by atoms with E-state index in [1.807, 2.05) is 55.5 Å². The van der Waals surface area contributed by atoms with Gasteiger partial charge in [-0.3, -0.25) is 0 Å². The fourth-order valence-corrected chi connectivity index (χ4v) is 2.44. The van der Waals surface area contributed by atoms with Crippen LogP contribution in [0.2, 0.25) is 5.02 Å². The SMILES string of the molecule is COc1ccc(C)cc1Nc1cc(Nc2ccccc2Cl)ncn1. The Bertz CT molecular complexity index is 854. The Morgan fingerprint density at radius 1 is 0.917 bits per heavy atom. The molecule has 0 radical (unpaired) electrons. The molecule has 1 heterocycles. The van der Waals surface area contributed by atoms with Crippen molar-refractivity contribution in [3.63, 3.8) is 0 Å². The number of ether oxygens (including phenoxy) is 1. The maximum atomic E-state index is 6.16. The lowest BCUT2D eigenvalue weighted by Crippen LogP contribution is -2.00. The number of rotatable bonds is 5. The van der Waals surface area contributed by atoms with Crippen LogP contribution >= 0.6 is 11.6 Å². The molecular weight excluding hydrogens is 324 g/mol. The lowest BCUT2D eigenvalue weighted by Gasteiger charge is -2.12. The monoisotopic (exact) mass is 340 g/mol. The van der Waals surface area contributed by atoms with E-state index in [0.717, 1.165) is 22.7 Å². The highest BCUT2D eigenvalue weighted by Crippen LogP contribution is 2.29. The summed E-state index contributed by atoms with van der Waals surface area (Å²) in [5, 5.41) is 7.07. The number of hydrogen-bond donors (Lipinski definition) is 2. The summed E-state index contributed by atoms with van der Waals surface area (Å²) in [7, 11) is 1.64. The molecule has 24 heavy (non-hydrogen) atoms. The van der Waals surface area contributed by atoms with Gasteiger partial charge in [0.05, 0.1) is 23.5 Å². The summed E-state index contributed by atoms with van der Waals surface area (Å²) in [6.45, 7) is 2.02. The zero-order valence-electron chi connectivity index (χ0n) is 13.4. The fourth-order valence-electron chi connectivity index (χ4n) is 2.25. The number of aromatic nitrogens is 2. The van der Waals surface area contributed by atoms with Gasteiger partial charge >= 0.3 is 0 Å². The van der Waals surface area contributed by atoms with E-state index >= 15 is 0 Å². The smallest absolute Gasteiger partial charge is 0.142 e. The van der Waals surface area contributed by atoms with Crippen LogP contribution in [0.1, 0.15) is 5.56 Å². The molecule has 0 aliphatic heterocycles. The number of nitrogens with zero attached hydrogens (tertiary/aromatic N) is 2. The maximum Gasteiger partial charge on any atom is 0.142 e. The molecule has 5 nitrogen and oxygen atoms in total. The molecule has 1 aromatic heterocycles. The summed E-state index contributed by atoms with van der Waals surface area (Å²) in [6.07, 6.45) is 1.49. The third kappa shape index (κ3) is 3.75. The van der Waals surface area contributed by atoms with E-state index < -0.39 is 0 Å². The summed E-state index contributed by atoms with van der Waals surface area (Å²) in [5.74, 6) is 2.05. The summed E-state index contributed by atoms with van der Waals surface area (Å²) in [4.78, 5) is 8.48. The first-order valence-electron chi connectivity index (χ1n) is 7.41. The molecule has 2 N–H and O–H groups in total. The zero-order chi connectivity index (χ0) is 16.9. The largest absolute Gasteiger partial charge is 0.495 e. The average Bonchev–Trinajstić information content (AvgIpc) is 2.58. The fraction of sp³-hybridized carbons (Fsp3) is 0.111. The Balaban J connectivity index is 1.84. The lowest BCUT2D eigenvalue weighted by atomic mass is 10.2. The van der Waals surface area contributed by atoms with E-state index in [0.29, 0.717) is 16.7 Å². The molecule has 3 aromatic rings. The molecule has 2 aromatic carbocycles. The van der Waals surface area contributed by atoms with E-state index in [9.17, 15) is 0 Å². The van der Waals surface area contributed by atoms with Crippen LogP contribution in [0.5, 0.6) is 5.75 Å². The van der Waals surface area contributed by atoms with Crippen molar-refractivity contribution in [3.8, 4) is 5.75 Å². The van der Waals surface area contributed by atoms with Crippen LogP contribution in [0.4, 0.5) is 23.0 Å². The van der Waals surface area contributed by atoms with Crippen molar-refractivity contribution < 1.29 is 4.74 Å². The van der Waals surface area contributed by atoms with Crippen LogP contribution < -0.4 is 15.4 Å². The summed E-state index contributed by atoms with van der Waals surface area (Å²) in [5.41, 5.74) is 2.76. The Morgan fingerprint density at radius 2 is 1.62 bits per heavy atom. The van der Waals surface area contributed by atoms with Gasteiger partial charge in [0.15, 0.2) is 0 Å². The second-order valence-electron chi connectivity index (χ2n) is 5.22. The number of para-hydroxylation sites is 1. The second-order valence-corrected chi connectivity index (χ2v) is 5.63. The summed E-state index contributed by atoms with van der Waals surface area (Å²) in [6, 6.07) is 15.2. The highest BCUT2D eigenvalue weighted by molar-refractivity contribution is 6.33. The summed E-state index contributed by atoms with van der Waals surface area (Å²) >= 11 is 6.16. The van der Waals surface area contributed by atoms with E-state index in [1.54, 1.807) is 7.11 Å². The minimum Gasteiger partial charge on any atom is -0.495 e. The lowest BCUT2D eigenvalue weighted by molar-refractivity contribution is 0.416. The van der Waals surface area contributed by atoms with Crippen LogP contribution in [0.3, 0.4) is 0 Å². The number of benzene rings is 2. The van der Waals surface area contributed by atoms with Gasteiger partial charge in [-0.2, -0.15) is 0 Å². The van der Waals surface area contributed by atoms with Gasteiger partial charge in [0, 0.05) is 6.07 Å². The predicted octanol–water partition coefficient (Wildman–Crippen LogP) is 4.93. The van der Waals surface area contributed by atoms with Crippen molar-refractivity contribution in [2.45, 2.75) is 6.92 Å². The Labute approximate surface area is 145 Å². The molecule has 6 heteroatoms. The van der Waals surface area contributed by atoms with Gasteiger partial charge in [0.25, 0.3) is 0 Å². The molecule has 3 rings (SSSR count). The van der Waals surface area contributed by atoms with Gasteiger partial charge in [-0.05, 0) is 36.8 Å². The second kappa shape index (κ2) is 7.19. The van der Waals surface area contributed by atoms with Crippen molar-refractivity contribution in [3.05, 3.63) is 65.4 Å². The Morgan fingerprint density at radius 3 is 2.33 bits per heavy atom. The highest BCUT2D eigenvalue weighted by atomic mass is 35.5. The van der Waals surface area contributed by atoms with Crippen molar-refractivity contribution >= 4 is 34.6 Å². The quantitative estimate of drug-likeness (QED) is 0.689. The molecule has 0 spiro atoms. The molecule has 0 aliphatic carbocycles. The molecule has 0 aliphatic rings. The first-order chi connectivity index (χ1) is 11.7. The van der Waals surface area contributed by atoms with Crippen molar-refractivity contribution in [1.29, 1.82) is 0 Å². The molecule has 0 saturated heterocycles. The van der Waals surface area contributed by atoms with Crippen LogP contribution in [-0.2, 0) is 0 Å². The standard InChI is InChI=1S/C18H17ClN4O/c1-12-7-8-16(24-2)15(9-12)23-18-10-17(20-11-21-18)22-14-6-4-3-5-13(14)19/h3-11H,1-2H3,(H2,20,21,22,23). The van der Waals surface area contributed by atoms with Crippen LogP contribution in [-0.4, -0.2) is 17.1 Å². The summed E-state index contributed by atoms with van der Waals surface area (Å²) < 4.78 is 5.38.